The van der Waals surface area contributed by atoms with E-state index in [1.165, 1.54) is 23.1 Å². The second-order valence-electron chi connectivity index (χ2n) is 6.92. The summed E-state index contributed by atoms with van der Waals surface area (Å²) in [7, 11) is 0. The van der Waals surface area contributed by atoms with Gasteiger partial charge in [-0.15, -0.1) is 0 Å². The summed E-state index contributed by atoms with van der Waals surface area (Å²) in [4.78, 5) is 10.5. The minimum absolute atomic E-state index is 0.632. The summed E-state index contributed by atoms with van der Waals surface area (Å²) < 4.78 is 8.82. The van der Waals surface area contributed by atoms with Gasteiger partial charge in [0.1, 0.15) is 0 Å². The van der Waals surface area contributed by atoms with Crippen LogP contribution in [0.5, 0.6) is 0 Å². The van der Waals surface area contributed by atoms with Crippen LogP contribution in [0.3, 0.4) is 0 Å². The van der Waals surface area contributed by atoms with Crippen LogP contribution >= 0.6 is 11.9 Å². The quantitative estimate of drug-likeness (QED) is 0.213. The number of para-hydroxylation sites is 2. The number of anilines is 3. The van der Waals surface area contributed by atoms with Crippen molar-refractivity contribution >= 4 is 46.0 Å². The van der Waals surface area contributed by atoms with Crippen molar-refractivity contribution in [3.63, 3.8) is 0 Å². The molecule has 0 amide bonds. The number of fused-ring (bicyclic) bond motifs is 2. The van der Waals surface area contributed by atoms with Gasteiger partial charge < -0.3 is 14.8 Å². The van der Waals surface area contributed by atoms with Crippen LogP contribution in [0.2, 0.25) is 0 Å². The molecule has 4 aromatic rings. The Morgan fingerprint density at radius 1 is 0.867 bits per heavy atom. The molecule has 0 atom stereocenters. The molecule has 3 aromatic carbocycles. The van der Waals surface area contributed by atoms with Gasteiger partial charge in [-0.3, -0.25) is 0 Å². The summed E-state index contributed by atoms with van der Waals surface area (Å²) in [6.45, 7) is 1.30. The van der Waals surface area contributed by atoms with E-state index in [0.717, 1.165) is 32.8 Å². The first-order valence-corrected chi connectivity index (χ1v) is 10.3. The zero-order chi connectivity index (χ0) is 20.3. The lowest BCUT2D eigenvalue weighted by atomic mass is 10.1. The lowest BCUT2D eigenvalue weighted by molar-refractivity contribution is -0.825. The summed E-state index contributed by atoms with van der Waals surface area (Å²) in [6, 6.07) is 21.6. The van der Waals surface area contributed by atoms with E-state index in [1.54, 1.807) is 0 Å². The van der Waals surface area contributed by atoms with Gasteiger partial charge in [0, 0.05) is 22.7 Å². The predicted molar refractivity (Wildman–Crippen MR) is 117 cm³/mol. The SMILES string of the molecule is O[NH2+]c1cccc(SNc2nc3ccccc3nc2Nc2ccc3c(c2)COC3)c1. The highest BCUT2D eigenvalue weighted by molar-refractivity contribution is 8.00. The lowest BCUT2D eigenvalue weighted by Crippen LogP contribution is -2.73. The van der Waals surface area contributed by atoms with E-state index >= 15 is 0 Å². The van der Waals surface area contributed by atoms with Crippen LogP contribution in [-0.2, 0) is 18.0 Å². The molecule has 8 heteroatoms. The number of rotatable bonds is 6. The Labute approximate surface area is 177 Å². The maximum atomic E-state index is 9.24. The summed E-state index contributed by atoms with van der Waals surface area (Å²) in [5.74, 6) is 1.28. The van der Waals surface area contributed by atoms with Gasteiger partial charge in [-0.2, -0.15) is 5.48 Å². The molecule has 0 radical (unpaired) electrons. The summed E-state index contributed by atoms with van der Waals surface area (Å²) in [5, 5.41) is 12.6. The van der Waals surface area contributed by atoms with Gasteiger partial charge >= 0.3 is 0 Å². The number of hydrogen-bond donors (Lipinski definition) is 4. The van der Waals surface area contributed by atoms with Crippen molar-refractivity contribution in [2.24, 2.45) is 0 Å². The van der Waals surface area contributed by atoms with Crippen molar-refractivity contribution in [3.05, 3.63) is 77.9 Å². The second kappa shape index (κ2) is 8.29. The van der Waals surface area contributed by atoms with Crippen LogP contribution in [0.25, 0.3) is 11.0 Å². The number of quaternary nitrogens is 1. The van der Waals surface area contributed by atoms with E-state index < -0.39 is 0 Å². The Balaban J connectivity index is 1.46. The van der Waals surface area contributed by atoms with Crippen LogP contribution < -0.4 is 15.5 Å². The van der Waals surface area contributed by atoms with Gasteiger partial charge in [0.2, 0.25) is 0 Å². The van der Waals surface area contributed by atoms with Crippen molar-refractivity contribution < 1.29 is 15.4 Å². The molecule has 1 aromatic heterocycles. The van der Waals surface area contributed by atoms with E-state index in [9.17, 15) is 5.21 Å². The van der Waals surface area contributed by atoms with Crippen LogP contribution in [0, 0.1) is 0 Å². The molecular formula is C22H20N5O2S+. The van der Waals surface area contributed by atoms with Crippen molar-refractivity contribution in [2.45, 2.75) is 18.1 Å². The van der Waals surface area contributed by atoms with E-state index in [1.807, 2.05) is 54.6 Å². The largest absolute Gasteiger partial charge is 0.372 e. The van der Waals surface area contributed by atoms with Gasteiger partial charge in [0.25, 0.3) is 0 Å². The number of aromatic nitrogens is 2. The minimum atomic E-state index is 0.632. The molecule has 0 saturated heterocycles. The molecule has 30 heavy (non-hydrogen) atoms. The summed E-state index contributed by atoms with van der Waals surface area (Å²) in [5.41, 5.74) is 6.81. The average Bonchev–Trinajstić information content (AvgIpc) is 3.26. The van der Waals surface area contributed by atoms with E-state index in [4.69, 9.17) is 14.7 Å². The predicted octanol–water partition coefficient (Wildman–Crippen LogP) is 4.11. The standard InChI is InChI=1S/C22H19N5O2S/c28-26-17-4-3-5-18(11-17)30-27-22-21(24-19-6-1-2-7-20(19)25-22)23-16-9-8-14-12-29-13-15(14)10-16/h1-11,26,28H,12-13H2,(H,23,24)(H,25,27)/p+1. The molecular weight excluding hydrogens is 398 g/mol. The molecule has 1 aliphatic heterocycles. The maximum absolute atomic E-state index is 9.24. The molecule has 5 N–H and O–H groups in total. The normalized spacial score (nSPS) is 12.7. The topological polar surface area (TPSA) is 95.9 Å². The fourth-order valence-corrected chi connectivity index (χ4v) is 4.01. The molecule has 0 saturated carbocycles. The van der Waals surface area contributed by atoms with Crippen molar-refractivity contribution in [2.75, 3.05) is 10.0 Å². The molecule has 0 aliphatic carbocycles. The van der Waals surface area contributed by atoms with Gasteiger partial charge in [-0.1, -0.05) is 24.3 Å². The zero-order valence-corrected chi connectivity index (χ0v) is 16.8. The molecule has 2 heterocycles. The van der Waals surface area contributed by atoms with Gasteiger partial charge in [-0.05, 0) is 53.4 Å². The molecule has 1 aliphatic rings. The Hall–Kier alpha value is -3.17. The first-order chi connectivity index (χ1) is 14.8. The fraction of sp³-hybridized carbons (Fsp3) is 0.0909. The molecule has 7 nitrogen and oxygen atoms in total. The monoisotopic (exact) mass is 418 g/mol. The van der Waals surface area contributed by atoms with E-state index in [-0.39, 0.29) is 0 Å². The third kappa shape index (κ3) is 3.94. The Morgan fingerprint density at radius 3 is 2.50 bits per heavy atom. The molecule has 0 spiro atoms. The molecule has 150 valence electrons. The lowest BCUT2D eigenvalue weighted by Gasteiger charge is -2.13. The maximum Gasteiger partial charge on any atom is 0.180 e. The number of nitrogens with zero attached hydrogens (tertiary/aromatic N) is 2. The van der Waals surface area contributed by atoms with Crippen molar-refractivity contribution in [1.82, 2.24) is 9.97 Å². The average molecular weight is 419 g/mol. The smallest absolute Gasteiger partial charge is 0.180 e. The van der Waals surface area contributed by atoms with Crippen molar-refractivity contribution in [1.29, 1.82) is 0 Å². The third-order valence-electron chi connectivity index (χ3n) is 4.83. The van der Waals surface area contributed by atoms with Crippen LogP contribution in [0.4, 0.5) is 23.0 Å². The molecule has 0 unspecified atom stereocenters. The number of nitrogens with one attached hydrogen (secondary N) is 2. The summed E-state index contributed by atoms with van der Waals surface area (Å²) in [6.07, 6.45) is 0. The second-order valence-corrected chi connectivity index (χ2v) is 7.80. The number of benzene rings is 3. The highest BCUT2D eigenvalue weighted by atomic mass is 32.2. The van der Waals surface area contributed by atoms with E-state index in [0.29, 0.717) is 24.8 Å². The molecule has 5 rings (SSSR count). The zero-order valence-electron chi connectivity index (χ0n) is 16.0. The Kier molecular flexibility index (Phi) is 5.20. The fourth-order valence-electron chi connectivity index (χ4n) is 3.31. The van der Waals surface area contributed by atoms with E-state index in [2.05, 4.69) is 22.2 Å². The first-order valence-electron chi connectivity index (χ1n) is 9.52. The number of hydrogen-bond acceptors (Lipinski definition) is 7. The van der Waals surface area contributed by atoms with Crippen molar-refractivity contribution in [3.8, 4) is 0 Å². The molecule has 0 bridgehead atoms. The highest BCUT2D eigenvalue weighted by Crippen LogP contribution is 2.31. The van der Waals surface area contributed by atoms with Crippen LogP contribution in [0.1, 0.15) is 11.1 Å². The molecule has 0 fully saturated rings. The summed E-state index contributed by atoms with van der Waals surface area (Å²) >= 11 is 1.41. The van der Waals surface area contributed by atoms with Crippen LogP contribution in [-0.4, -0.2) is 15.2 Å². The highest BCUT2D eigenvalue weighted by Gasteiger charge is 2.14. The Bertz CT molecular complexity index is 1220. The van der Waals surface area contributed by atoms with Gasteiger partial charge in [0.05, 0.1) is 24.2 Å². The number of nitrogens with two attached hydrogens (primary N) is 1. The van der Waals surface area contributed by atoms with Gasteiger partial charge in [0.15, 0.2) is 17.3 Å². The van der Waals surface area contributed by atoms with Gasteiger partial charge in [-0.25, -0.2) is 15.2 Å². The third-order valence-corrected chi connectivity index (χ3v) is 5.61. The first kappa shape index (κ1) is 18.8. The Morgan fingerprint density at radius 2 is 1.67 bits per heavy atom. The number of ether oxygens (including phenoxy) is 1. The van der Waals surface area contributed by atoms with Crippen LogP contribution in [0.15, 0.2) is 71.6 Å². The minimum Gasteiger partial charge on any atom is -0.372 e.